The van der Waals surface area contributed by atoms with Crippen molar-refractivity contribution in [3.05, 3.63) is 35.9 Å². The molecule has 0 aliphatic carbocycles. The standard InChI is InChI=1S/C20H31N3O2/c1-21-12-8-11-20(16-21,17-23-13-6-7-14-23)22(2)19(24)25-15-18-9-4-3-5-10-18/h3-5,9-10H,6-8,11-17H2,1-2H3/t20-/m0/s1. The minimum atomic E-state index is -0.210. The van der Waals surface area contributed by atoms with Crippen molar-refractivity contribution < 1.29 is 9.53 Å². The summed E-state index contributed by atoms with van der Waals surface area (Å²) in [6, 6.07) is 9.89. The lowest BCUT2D eigenvalue weighted by Crippen LogP contribution is -2.63. The Bertz CT molecular complexity index is 559. The SMILES string of the molecule is CN1CCC[C@](CN2CCCC2)(N(C)C(=O)OCc2ccccc2)C1. The number of hydrogen-bond donors (Lipinski definition) is 0. The van der Waals surface area contributed by atoms with Gasteiger partial charge in [-0.15, -0.1) is 0 Å². The van der Waals surface area contributed by atoms with Crippen LogP contribution in [0.4, 0.5) is 4.79 Å². The fourth-order valence-electron chi connectivity index (χ4n) is 4.21. The first-order chi connectivity index (χ1) is 12.1. The van der Waals surface area contributed by atoms with E-state index < -0.39 is 0 Å². The zero-order chi connectivity index (χ0) is 17.7. The maximum Gasteiger partial charge on any atom is 0.410 e. The number of nitrogens with zero attached hydrogens (tertiary/aromatic N) is 3. The first kappa shape index (κ1) is 18.2. The Morgan fingerprint density at radius 1 is 1.16 bits per heavy atom. The summed E-state index contributed by atoms with van der Waals surface area (Å²) in [5.74, 6) is 0. The highest BCUT2D eigenvalue weighted by molar-refractivity contribution is 5.68. The predicted molar refractivity (Wildman–Crippen MR) is 99.5 cm³/mol. The van der Waals surface area contributed by atoms with Gasteiger partial charge in [-0.1, -0.05) is 30.3 Å². The molecule has 1 amide bonds. The van der Waals surface area contributed by atoms with E-state index in [1.54, 1.807) is 0 Å². The van der Waals surface area contributed by atoms with Gasteiger partial charge in [-0.05, 0) is 57.9 Å². The molecule has 2 aliphatic heterocycles. The smallest absolute Gasteiger partial charge is 0.410 e. The van der Waals surface area contributed by atoms with Crippen LogP contribution in [0.3, 0.4) is 0 Å². The quantitative estimate of drug-likeness (QED) is 0.822. The van der Waals surface area contributed by atoms with Crippen molar-refractivity contribution in [2.45, 2.75) is 37.8 Å². The topological polar surface area (TPSA) is 36.0 Å². The molecule has 0 bridgehead atoms. The summed E-state index contributed by atoms with van der Waals surface area (Å²) in [7, 11) is 4.07. The zero-order valence-electron chi connectivity index (χ0n) is 15.6. The first-order valence-corrected chi connectivity index (χ1v) is 9.44. The van der Waals surface area contributed by atoms with Crippen LogP contribution >= 0.6 is 0 Å². The van der Waals surface area contributed by atoms with E-state index in [0.717, 1.165) is 51.1 Å². The van der Waals surface area contributed by atoms with Gasteiger partial charge in [-0.3, -0.25) is 0 Å². The lowest BCUT2D eigenvalue weighted by molar-refractivity contribution is 0.00517. The van der Waals surface area contributed by atoms with Crippen molar-refractivity contribution in [3.63, 3.8) is 0 Å². The highest BCUT2D eigenvalue weighted by Gasteiger charge is 2.42. The normalized spacial score (nSPS) is 25.0. The molecule has 5 heteroatoms. The molecular weight excluding hydrogens is 314 g/mol. The third-order valence-electron chi connectivity index (χ3n) is 5.65. The molecule has 5 nitrogen and oxygen atoms in total. The number of carbonyl (C=O) groups is 1. The third-order valence-corrected chi connectivity index (χ3v) is 5.65. The van der Waals surface area contributed by atoms with E-state index in [1.165, 1.54) is 12.8 Å². The van der Waals surface area contributed by atoms with E-state index in [0.29, 0.717) is 6.61 Å². The number of likely N-dealkylation sites (N-methyl/N-ethyl adjacent to an activating group) is 2. The van der Waals surface area contributed by atoms with Gasteiger partial charge in [-0.25, -0.2) is 4.79 Å². The highest BCUT2D eigenvalue weighted by atomic mass is 16.6. The average molecular weight is 345 g/mol. The Kier molecular flexibility index (Phi) is 5.97. The summed E-state index contributed by atoms with van der Waals surface area (Å²) in [6.45, 7) is 5.61. The predicted octanol–water partition coefficient (Wildman–Crippen LogP) is 2.82. The number of benzene rings is 1. The fourth-order valence-corrected chi connectivity index (χ4v) is 4.21. The molecule has 0 unspecified atom stereocenters. The highest BCUT2D eigenvalue weighted by Crippen LogP contribution is 2.29. The molecule has 2 saturated heterocycles. The molecule has 2 heterocycles. The summed E-state index contributed by atoms with van der Waals surface area (Å²) >= 11 is 0. The number of carbonyl (C=O) groups excluding carboxylic acids is 1. The minimum Gasteiger partial charge on any atom is -0.445 e. The molecule has 3 rings (SSSR count). The Balaban J connectivity index is 1.66. The summed E-state index contributed by atoms with van der Waals surface area (Å²) < 4.78 is 5.62. The Morgan fingerprint density at radius 2 is 1.88 bits per heavy atom. The molecule has 1 aromatic rings. The van der Waals surface area contributed by atoms with Gasteiger partial charge in [0.25, 0.3) is 0 Å². The number of ether oxygens (including phenoxy) is 1. The van der Waals surface area contributed by atoms with Gasteiger partial charge in [0.2, 0.25) is 0 Å². The van der Waals surface area contributed by atoms with Crippen molar-refractivity contribution in [2.24, 2.45) is 0 Å². The minimum absolute atomic E-state index is 0.148. The van der Waals surface area contributed by atoms with Crippen LogP contribution in [-0.4, -0.2) is 73.2 Å². The molecule has 25 heavy (non-hydrogen) atoms. The molecule has 0 saturated carbocycles. The van der Waals surface area contributed by atoms with Crippen LogP contribution in [0.15, 0.2) is 30.3 Å². The van der Waals surface area contributed by atoms with Crippen molar-refractivity contribution in [3.8, 4) is 0 Å². The Labute approximate surface area is 151 Å². The largest absolute Gasteiger partial charge is 0.445 e. The van der Waals surface area contributed by atoms with Crippen LogP contribution in [0.1, 0.15) is 31.2 Å². The van der Waals surface area contributed by atoms with E-state index >= 15 is 0 Å². The molecule has 2 aliphatic rings. The molecule has 1 atom stereocenters. The van der Waals surface area contributed by atoms with Crippen molar-refractivity contribution >= 4 is 6.09 Å². The van der Waals surface area contributed by atoms with E-state index in [2.05, 4.69) is 16.8 Å². The molecule has 0 aromatic heterocycles. The van der Waals surface area contributed by atoms with Crippen LogP contribution in [0.2, 0.25) is 0 Å². The summed E-state index contributed by atoms with van der Waals surface area (Å²) in [4.78, 5) is 19.5. The van der Waals surface area contributed by atoms with Crippen molar-refractivity contribution in [2.75, 3.05) is 46.8 Å². The summed E-state index contributed by atoms with van der Waals surface area (Å²) in [5.41, 5.74) is 0.879. The van der Waals surface area contributed by atoms with Crippen molar-refractivity contribution in [1.29, 1.82) is 0 Å². The molecule has 138 valence electrons. The number of hydrogen-bond acceptors (Lipinski definition) is 4. The second-order valence-corrected chi connectivity index (χ2v) is 7.65. The zero-order valence-corrected chi connectivity index (χ0v) is 15.6. The molecule has 1 aromatic carbocycles. The van der Waals surface area contributed by atoms with Gasteiger partial charge in [0.15, 0.2) is 0 Å². The van der Waals surface area contributed by atoms with Crippen LogP contribution in [0, 0.1) is 0 Å². The van der Waals surface area contributed by atoms with E-state index in [1.807, 2.05) is 42.3 Å². The second-order valence-electron chi connectivity index (χ2n) is 7.65. The molecule has 2 fully saturated rings. The molecule has 0 spiro atoms. The molecule has 0 N–H and O–H groups in total. The van der Waals surface area contributed by atoms with Crippen LogP contribution in [-0.2, 0) is 11.3 Å². The van der Waals surface area contributed by atoms with Gasteiger partial charge in [0, 0.05) is 20.1 Å². The lowest BCUT2D eigenvalue weighted by Gasteiger charge is -2.48. The van der Waals surface area contributed by atoms with E-state index in [4.69, 9.17) is 4.74 Å². The lowest BCUT2D eigenvalue weighted by atomic mass is 9.87. The maximum absolute atomic E-state index is 12.8. The van der Waals surface area contributed by atoms with Gasteiger partial charge in [0.05, 0.1) is 5.54 Å². The van der Waals surface area contributed by atoms with Crippen LogP contribution < -0.4 is 0 Å². The Morgan fingerprint density at radius 3 is 2.56 bits per heavy atom. The fraction of sp³-hybridized carbons (Fsp3) is 0.650. The van der Waals surface area contributed by atoms with Gasteiger partial charge >= 0.3 is 6.09 Å². The number of amides is 1. The average Bonchev–Trinajstić information content (AvgIpc) is 3.12. The maximum atomic E-state index is 12.8. The van der Waals surface area contributed by atoms with Crippen LogP contribution in [0.25, 0.3) is 0 Å². The number of likely N-dealkylation sites (tertiary alicyclic amines) is 2. The van der Waals surface area contributed by atoms with E-state index in [9.17, 15) is 4.79 Å². The first-order valence-electron chi connectivity index (χ1n) is 9.44. The van der Waals surface area contributed by atoms with Gasteiger partial charge in [0.1, 0.15) is 6.61 Å². The van der Waals surface area contributed by atoms with Gasteiger partial charge < -0.3 is 19.4 Å². The Hall–Kier alpha value is -1.59. The summed E-state index contributed by atoms with van der Waals surface area (Å²) in [6.07, 6.45) is 4.51. The summed E-state index contributed by atoms with van der Waals surface area (Å²) in [5, 5.41) is 0. The monoisotopic (exact) mass is 345 g/mol. The molecule has 0 radical (unpaired) electrons. The molecular formula is C20H31N3O2. The van der Waals surface area contributed by atoms with Crippen LogP contribution in [0.5, 0.6) is 0 Å². The third kappa shape index (κ3) is 4.53. The number of rotatable bonds is 5. The van der Waals surface area contributed by atoms with E-state index in [-0.39, 0.29) is 11.6 Å². The van der Waals surface area contributed by atoms with Gasteiger partial charge in [-0.2, -0.15) is 0 Å². The number of piperidine rings is 1. The second kappa shape index (κ2) is 8.19. The van der Waals surface area contributed by atoms with Crippen molar-refractivity contribution in [1.82, 2.24) is 14.7 Å².